The first-order chi connectivity index (χ1) is 12.1. The van der Waals surface area contributed by atoms with Gasteiger partial charge in [-0.3, -0.25) is 9.78 Å². The van der Waals surface area contributed by atoms with Gasteiger partial charge in [-0.2, -0.15) is 0 Å². The van der Waals surface area contributed by atoms with Gasteiger partial charge in [0.2, 0.25) is 5.91 Å². The molecule has 1 fully saturated rings. The fourth-order valence-electron chi connectivity index (χ4n) is 3.95. The van der Waals surface area contributed by atoms with Crippen LogP contribution in [0.4, 0.5) is 0 Å². The Morgan fingerprint density at radius 1 is 1.12 bits per heavy atom. The van der Waals surface area contributed by atoms with E-state index in [2.05, 4.69) is 23.2 Å². The van der Waals surface area contributed by atoms with Crippen molar-refractivity contribution in [2.75, 3.05) is 13.1 Å². The summed E-state index contributed by atoms with van der Waals surface area (Å²) in [5.41, 5.74) is 7.84. The molecule has 0 atom stereocenters. The van der Waals surface area contributed by atoms with Crippen molar-refractivity contribution in [1.29, 1.82) is 0 Å². The lowest BCUT2D eigenvalue weighted by atomic mass is 9.88. The predicted molar refractivity (Wildman–Crippen MR) is 101 cm³/mol. The van der Waals surface area contributed by atoms with Crippen molar-refractivity contribution in [1.82, 2.24) is 9.88 Å². The molecule has 128 valence electrons. The minimum Gasteiger partial charge on any atom is -0.342 e. The molecule has 1 aromatic carbocycles. The minimum atomic E-state index is 0.169. The Kier molecular flexibility index (Phi) is 4.34. The highest BCUT2D eigenvalue weighted by Gasteiger charge is 2.24. The van der Waals surface area contributed by atoms with Crippen molar-refractivity contribution in [3.8, 4) is 0 Å². The molecule has 2 aliphatic rings. The highest BCUT2D eigenvalue weighted by Crippen LogP contribution is 2.36. The number of nitrogens with zero attached hydrogens (tertiary/aromatic N) is 2. The molecule has 25 heavy (non-hydrogen) atoms. The Hall–Kier alpha value is -2.13. The van der Waals surface area contributed by atoms with Crippen LogP contribution in [-0.2, 0) is 17.6 Å². The molecular weight excluding hydrogens is 332 g/mol. The summed E-state index contributed by atoms with van der Waals surface area (Å²) in [6.45, 7) is 3.27. The fourth-order valence-corrected chi connectivity index (χ4v) is 4.12. The predicted octanol–water partition coefficient (Wildman–Crippen LogP) is 4.28. The van der Waals surface area contributed by atoms with E-state index >= 15 is 0 Å². The summed E-state index contributed by atoms with van der Waals surface area (Å²) in [6.07, 6.45) is 5.50. The van der Waals surface area contributed by atoms with Crippen molar-refractivity contribution in [3.63, 3.8) is 0 Å². The number of piperidine rings is 1. The van der Waals surface area contributed by atoms with Crippen LogP contribution in [0.25, 0.3) is 5.57 Å². The maximum Gasteiger partial charge on any atom is 0.219 e. The van der Waals surface area contributed by atoms with Gasteiger partial charge in [-0.25, -0.2) is 0 Å². The van der Waals surface area contributed by atoms with Crippen molar-refractivity contribution in [3.05, 3.63) is 69.5 Å². The van der Waals surface area contributed by atoms with Gasteiger partial charge >= 0.3 is 0 Å². The summed E-state index contributed by atoms with van der Waals surface area (Å²) in [4.78, 5) is 18.2. The number of rotatable bonds is 0. The number of hydrogen-bond acceptors (Lipinski definition) is 2. The van der Waals surface area contributed by atoms with Gasteiger partial charge in [-0.05, 0) is 59.7 Å². The summed E-state index contributed by atoms with van der Waals surface area (Å²) >= 11 is 6.32. The molecule has 1 amide bonds. The van der Waals surface area contributed by atoms with E-state index in [1.165, 1.54) is 27.8 Å². The van der Waals surface area contributed by atoms with Crippen LogP contribution in [0.1, 0.15) is 42.1 Å². The van der Waals surface area contributed by atoms with Crippen LogP contribution < -0.4 is 0 Å². The Labute approximate surface area is 153 Å². The molecule has 2 heterocycles. The molecule has 0 spiro atoms. The zero-order valence-electron chi connectivity index (χ0n) is 14.4. The zero-order valence-corrected chi connectivity index (χ0v) is 15.1. The number of fused-ring (bicyclic) bond motifs is 2. The first-order valence-corrected chi connectivity index (χ1v) is 9.17. The summed E-state index contributed by atoms with van der Waals surface area (Å²) in [5.74, 6) is 0.169. The lowest BCUT2D eigenvalue weighted by molar-refractivity contribution is -0.129. The topological polar surface area (TPSA) is 33.2 Å². The Morgan fingerprint density at radius 2 is 1.92 bits per heavy atom. The van der Waals surface area contributed by atoms with E-state index < -0.39 is 0 Å². The van der Waals surface area contributed by atoms with Gasteiger partial charge in [0.15, 0.2) is 0 Å². The average molecular weight is 353 g/mol. The summed E-state index contributed by atoms with van der Waals surface area (Å²) in [6, 6.07) is 10.4. The highest BCUT2D eigenvalue weighted by atomic mass is 35.5. The number of pyridine rings is 1. The minimum absolute atomic E-state index is 0.169. The van der Waals surface area contributed by atoms with Crippen molar-refractivity contribution in [2.24, 2.45) is 0 Å². The SMILES string of the molecule is CC(=O)N1CCC(=C2Cc3cccnc3Cc3ccc(Cl)cc32)CC1. The van der Waals surface area contributed by atoms with Gasteiger partial charge in [0.1, 0.15) is 0 Å². The highest BCUT2D eigenvalue weighted by molar-refractivity contribution is 6.30. The number of amides is 1. The van der Waals surface area contributed by atoms with Crippen LogP contribution in [0.5, 0.6) is 0 Å². The summed E-state index contributed by atoms with van der Waals surface area (Å²) < 4.78 is 0. The first kappa shape index (κ1) is 16.3. The van der Waals surface area contributed by atoms with Crippen LogP contribution >= 0.6 is 11.6 Å². The maximum absolute atomic E-state index is 11.6. The molecule has 0 unspecified atom stereocenters. The van der Waals surface area contributed by atoms with Gasteiger partial charge in [0, 0.05) is 43.3 Å². The number of allylic oxidation sites excluding steroid dienone is 1. The number of aromatic nitrogens is 1. The van der Waals surface area contributed by atoms with Gasteiger partial charge in [0.05, 0.1) is 0 Å². The second kappa shape index (κ2) is 6.64. The Morgan fingerprint density at radius 3 is 2.68 bits per heavy atom. The lowest BCUT2D eigenvalue weighted by Crippen LogP contribution is -2.34. The second-order valence-electron chi connectivity index (χ2n) is 6.85. The third kappa shape index (κ3) is 3.21. The Bertz CT molecular complexity index is 862. The van der Waals surface area contributed by atoms with Crippen LogP contribution in [0.2, 0.25) is 5.02 Å². The van der Waals surface area contributed by atoms with E-state index in [1.807, 2.05) is 23.2 Å². The molecule has 0 radical (unpaired) electrons. The average Bonchev–Trinajstić information content (AvgIpc) is 2.78. The maximum atomic E-state index is 11.6. The largest absolute Gasteiger partial charge is 0.342 e. The molecule has 0 saturated carbocycles. The molecular formula is C21H21ClN2O. The van der Waals surface area contributed by atoms with Gasteiger partial charge < -0.3 is 4.90 Å². The van der Waals surface area contributed by atoms with Gasteiger partial charge in [0.25, 0.3) is 0 Å². The number of likely N-dealkylation sites (tertiary alicyclic amines) is 1. The van der Waals surface area contributed by atoms with Crippen molar-refractivity contribution >= 4 is 23.1 Å². The smallest absolute Gasteiger partial charge is 0.219 e. The zero-order chi connectivity index (χ0) is 17.4. The molecule has 0 bridgehead atoms. The monoisotopic (exact) mass is 352 g/mol. The quantitative estimate of drug-likeness (QED) is 0.709. The number of hydrogen-bond donors (Lipinski definition) is 0. The van der Waals surface area contributed by atoms with Crippen molar-refractivity contribution < 1.29 is 4.79 Å². The van der Waals surface area contributed by atoms with E-state index in [9.17, 15) is 4.79 Å². The lowest BCUT2D eigenvalue weighted by Gasteiger charge is -2.29. The Balaban J connectivity index is 1.80. The van der Waals surface area contributed by atoms with Gasteiger partial charge in [-0.15, -0.1) is 0 Å². The molecule has 0 N–H and O–H groups in total. The summed E-state index contributed by atoms with van der Waals surface area (Å²) in [7, 11) is 0. The molecule has 1 aliphatic heterocycles. The fraction of sp³-hybridized carbons (Fsp3) is 0.333. The third-order valence-electron chi connectivity index (χ3n) is 5.35. The molecule has 1 saturated heterocycles. The first-order valence-electron chi connectivity index (χ1n) is 8.80. The van der Waals surface area contributed by atoms with Crippen LogP contribution in [0, 0.1) is 0 Å². The van der Waals surface area contributed by atoms with Crippen LogP contribution in [0.3, 0.4) is 0 Å². The van der Waals surface area contributed by atoms with Crippen LogP contribution in [-0.4, -0.2) is 28.9 Å². The molecule has 3 nitrogen and oxygen atoms in total. The molecule has 2 aromatic rings. The van der Waals surface area contributed by atoms with E-state index in [-0.39, 0.29) is 5.91 Å². The molecule has 4 heteroatoms. The van der Waals surface area contributed by atoms with E-state index in [4.69, 9.17) is 11.6 Å². The number of carbonyl (C=O) groups excluding carboxylic acids is 1. The molecule has 1 aliphatic carbocycles. The molecule has 4 rings (SSSR count). The molecule has 1 aromatic heterocycles. The van der Waals surface area contributed by atoms with Gasteiger partial charge in [-0.1, -0.05) is 29.3 Å². The normalized spacial score (nSPS) is 17.0. The van der Waals surface area contributed by atoms with Crippen molar-refractivity contribution in [2.45, 2.75) is 32.6 Å². The second-order valence-corrected chi connectivity index (χ2v) is 7.29. The van der Waals surface area contributed by atoms with E-state index in [0.29, 0.717) is 0 Å². The van der Waals surface area contributed by atoms with Crippen LogP contribution in [0.15, 0.2) is 42.1 Å². The summed E-state index contributed by atoms with van der Waals surface area (Å²) in [5, 5.41) is 0.775. The standard InChI is InChI=1S/C21H21ClN2O/c1-14(25)24-9-6-15(7-10-24)19-11-17-3-2-8-23-21(17)12-16-4-5-18(22)13-20(16)19/h2-5,8,13H,6-7,9-12H2,1H3. The number of carbonyl (C=O) groups is 1. The van der Waals surface area contributed by atoms with E-state index in [0.717, 1.165) is 49.5 Å². The third-order valence-corrected chi connectivity index (χ3v) is 5.58. The number of benzene rings is 1. The van der Waals surface area contributed by atoms with E-state index in [1.54, 1.807) is 6.92 Å². The number of halogens is 1.